The molecular formula is C37H46O3. The van der Waals surface area contributed by atoms with Crippen LogP contribution in [0.2, 0.25) is 0 Å². The molecule has 0 aromatic heterocycles. The first kappa shape index (κ1) is 27.5. The first-order chi connectivity index (χ1) is 18.8. The average Bonchev–Trinajstić information content (AvgIpc) is 2.94. The predicted octanol–water partition coefficient (Wildman–Crippen LogP) is 8.82. The second-order valence-corrected chi connectivity index (χ2v) is 15.0. The number of Topliss-reactive ketones (excluding diaryl/α,β-unsaturated/α-hetero) is 1. The van der Waals surface area contributed by atoms with Crippen LogP contribution in [0.1, 0.15) is 98.5 Å². The lowest BCUT2D eigenvalue weighted by atomic mass is 9.34. The summed E-state index contributed by atoms with van der Waals surface area (Å²) >= 11 is 0. The van der Waals surface area contributed by atoms with Gasteiger partial charge in [-0.1, -0.05) is 82.7 Å². The van der Waals surface area contributed by atoms with E-state index < -0.39 is 0 Å². The second kappa shape index (κ2) is 8.91. The molecule has 3 fully saturated rings. The molecule has 6 rings (SSSR count). The summed E-state index contributed by atoms with van der Waals surface area (Å²) in [7, 11) is 0. The Balaban J connectivity index is 1.34. The molecule has 5 aliphatic carbocycles. The fourth-order valence-corrected chi connectivity index (χ4v) is 9.91. The Kier molecular flexibility index (Phi) is 6.12. The van der Waals surface area contributed by atoms with Gasteiger partial charge in [0.05, 0.1) is 0 Å². The van der Waals surface area contributed by atoms with E-state index in [0.717, 1.165) is 56.1 Å². The molecule has 40 heavy (non-hydrogen) atoms. The topological polar surface area (TPSA) is 54.4 Å². The number of ketones is 2. The molecule has 1 aromatic rings. The van der Waals surface area contributed by atoms with E-state index in [1.54, 1.807) is 6.08 Å². The zero-order chi connectivity index (χ0) is 28.7. The molecule has 0 spiro atoms. The Bertz CT molecular complexity index is 1410. The Morgan fingerprint density at radius 3 is 2.35 bits per heavy atom. The minimum absolute atomic E-state index is 0.0153. The van der Waals surface area contributed by atoms with Crippen LogP contribution in [0.15, 0.2) is 76.6 Å². The number of hydrogen-bond donors (Lipinski definition) is 1. The molecule has 212 valence electrons. The van der Waals surface area contributed by atoms with Crippen LogP contribution in [0.25, 0.3) is 0 Å². The van der Waals surface area contributed by atoms with Crippen LogP contribution in [0.3, 0.4) is 0 Å². The summed E-state index contributed by atoms with van der Waals surface area (Å²) in [6.45, 7) is 14.0. The quantitative estimate of drug-likeness (QED) is 0.417. The molecule has 0 saturated heterocycles. The summed E-state index contributed by atoms with van der Waals surface area (Å²) in [4.78, 5) is 26.6. The van der Waals surface area contributed by atoms with Gasteiger partial charge in [0.25, 0.3) is 0 Å². The molecule has 5 aliphatic rings. The smallest absolute Gasteiger partial charge is 0.220 e. The Morgan fingerprint density at radius 2 is 1.62 bits per heavy atom. The molecule has 3 heteroatoms. The molecule has 6 atom stereocenters. The van der Waals surface area contributed by atoms with Crippen molar-refractivity contribution in [3.63, 3.8) is 0 Å². The van der Waals surface area contributed by atoms with Crippen molar-refractivity contribution >= 4 is 11.6 Å². The lowest BCUT2D eigenvalue weighted by Crippen LogP contribution is -2.62. The molecule has 0 unspecified atom stereocenters. The number of aliphatic hydroxyl groups excluding tert-OH is 1. The average molecular weight is 539 g/mol. The number of carbonyl (C=O) groups is 2. The maximum Gasteiger partial charge on any atom is 0.220 e. The zero-order valence-electron chi connectivity index (χ0n) is 25.3. The summed E-state index contributed by atoms with van der Waals surface area (Å²) in [5.74, 6) is 0.530. The van der Waals surface area contributed by atoms with Crippen LogP contribution in [0.5, 0.6) is 0 Å². The summed E-state index contributed by atoms with van der Waals surface area (Å²) in [5, 5.41) is 10.4. The van der Waals surface area contributed by atoms with E-state index in [1.165, 1.54) is 17.6 Å². The third-order valence-electron chi connectivity index (χ3n) is 13.0. The number of hydrogen-bond acceptors (Lipinski definition) is 3. The van der Waals surface area contributed by atoms with Gasteiger partial charge in [-0.15, -0.1) is 0 Å². The Morgan fingerprint density at radius 1 is 0.925 bits per heavy atom. The molecular weight excluding hydrogens is 492 g/mol. The van der Waals surface area contributed by atoms with Crippen molar-refractivity contribution in [2.24, 2.45) is 33.0 Å². The van der Waals surface area contributed by atoms with Crippen LogP contribution in [0, 0.1) is 33.0 Å². The highest BCUT2D eigenvalue weighted by Crippen LogP contribution is 2.75. The molecule has 3 nitrogen and oxygen atoms in total. The number of fused-ring (bicyclic) bond motifs is 7. The van der Waals surface area contributed by atoms with Gasteiger partial charge in [-0.25, -0.2) is 0 Å². The predicted molar refractivity (Wildman–Crippen MR) is 161 cm³/mol. The van der Waals surface area contributed by atoms with Gasteiger partial charge in [-0.3, -0.25) is 9.59 Å². The summed E-state index contributed by atoms with van der Waals surface area (Å²) in [6, 6.07) is 10.4. The maximum atomic E-state index is 13.9. The van der Waals surface area contributed by atoms with E-state index in [1.807, 2.05) is 13.0 Å². The minimum Gasteiger partial charge on any atom is -0.504 e. The number of allylic oxidation sites excluding steroid dienone is 7. The lowest BCUT2D eigenvalue weighted by molar-refractivity contribution is -0.168. The van der Waals surface area contributed by atoms with E-state index in [0.29, 0.717) is 23.7 Å². The fourth-order valence-electron chi connectivity index (χ4n) is 9.91. The maximum absolute atomic E-state index is 13.9. The van der Waals surface area contributed by atoms with Crippen molar-refractivity contribution < 1.29 is 14.7 Å². The summed E-state index contributed by atoms with van der Waals surface area (Å²) < 4.78 is 0. The first-order valence-corrected chi connectivity index (χ1v) is 15.4. The second-order valence-electron chi connectivity index (χ2n) is 15.0. The zero-order valence-corrected chi connectivity index (χ0v) is 25.3. The highest BCUT2D eigenvalue weighted by molar-refractivity contribution is 6.06. The SMILES string of the molecule is CC1=C(O)C(=O)C=C2C1=CC=C1[C@@]2(C)CC[C@@]2(C)[C@@H]3C[C@](C)(C(=O)CCc4ccccc4)CC[C@]3(C)CC[C@]12C. The number of aryl methyl sites for hydroxylation is 1. The standard InChI is InChI=1S/C37H46O3/c1-24-26-13-14-29-35(4,27(26)22-28(38)32(24)40)19-21-37(6)30-23-34(3,17-16-33(30,2)18-20-36(29,37)5)31(39)15-12-25-10-8-7-9-11-25/h7-11,13-14,22,30,40H,12,15-21,23H2,1-6H3/t30-,33-,34-,35+,36-,37+/m1/s1. The van der Waals surface area contributed by atoms with Crippen molar-refractivity contribution in [1.29, 1.82) is 0 Å². The summed E-state index contributed by atoms with van der Waals surface area (Å²) in [5.41, 5.74) is 5.33. The largest absolute Gasteiger partial charge is 0.504 e. The van der Waals surface area contributed by atoms with Gasteiger partial charge in [-0.05, 0) is 103 Å². The number of benzene rings is 1. The van der Waals surface area contributed by atoms with E-state index in [4.69, 9.17) is 0 Å². The van der Waals surface area contributed by atoms with Gasteiger partial charge in [0.2, 0.25) is 5.78 Å². The normalized spacial score (nSPS) is 40.6. The number of carbonyl (C=O) groups excluding carboxylic acids is 2. The van der Waals surface area contributed by atoms with Crippen LogP contribution in [0.4, 0.5) is 0 Å². The van der Waals surface area contributed by atoms with E-state index >= 15 is 0 Å². The van der Waals surface area contributed by atoms with E-state index in [9.17, 15) is 14.7 Å². The van der Waals surface area contributed by atoms with Crippen molar-refractivity contribution in [2.75, 3.05) is 0 Å². The van der Waals surface area contributed by atoms with E-state index in [2.05, 4.69) is 71.0 Å². The first-order valence-electron chi connectivity index (χ1n) is 15.4. The van der Waals surface area contributed by atoms with E-state index in [-0.39, 0.29) is 38.6 Å². The highest BCUT2D eigenvalue weighted by Gasteiger charge is 2.67. The van der Waals surface area contributed by atoms with Gasteiger partial charge in [-0.2, -0.15) is 0 Å². The third-order valence-corrected chi connectivity index (χ3v) is 13.0. The molecule has 1 aromatic carbocycles. The van der Waals surface area contributed by atoms with Crippen molar-refractivity contribution in [3.8, 4) is 0 Å². The number of aliphatic hydroxyl groups is 1. The minimum atomic E-state index is -0.271. The monoisotopic (exact) mass is 538 g/mol. The third kappa shape index (κ3) is 3.68. The number of rotatable bonds is 4. The molecule has 0 bridgehead atoms. The van der Waals surface area contributed by atoms with Gasteiger partial charge >= 0.3 is 0 Å². The van der Waals surface area contributed by atoms with Gasteiger partial charge < -0.3 is 5.11 Å². The van der Waals surface area contributed by atoms with Crippen LogP contribution < -0.4 is 0 Å². The Labute approximate surface area is 240 Å². The van der Waals surface area contributed by atoms with Gasteiger partial charge in [0, 0.05) is 22.8 Å². The Hall–Kier alpha value is -2.68. The highest BCUT2D eigenvalue weighted by atomic mass is 16.3. The van der Waals surface area contributed by atoms with Crippen LogP contribution in [-0.2, 0) is 16.0 Å². The summed E-state index contributed by atoms with van der Waals surface area (Å²) in [6.07, 6.45) is 15.1. The molecule has 3 saturated carbocycles. The van der Waals surface area contributed by atoms with Crippen molar-refractivity contribution in [1.82, 2.24) is 0 Å². The molecule has 0 amide bonds. The van der Waals surface area contributed by atoms with Crippen molar-refractivity contribution in [2.45, 2.75) is 99.3 Å². The van der Waals surface area contributed by atoms with Gasteiger partial charge in [0.1, 0.15) is 5.78 Å². The fraction of sp³-hybridized carbons (Fsp3) is 0.568. The van der Waals surface area contributed by atoms with Crippen molar-refractivity contribution in [3.05, 3.63) is 82.2 Å². The molecule has 1 N–H and O–H groups in total. The molecule has 0 radical (unpaired) electrons. The lowest BCUT2D eigenvalue weighted by Gasteiger charge is -2.70. The molecule has 0 heterocycles. The van der Waals surface area contributed by atoms with Crippen LogP contribution >= 0.6 is 0 Å². The van der Waals surface area contributed by atoms with Gasteiger partial charge in [0.15, 0.2) is 5.76 Å². The van der Waals surface area contributed by atoms with Crippen LogP contribution in [-0.4, -0.2) is 16.7 Å². The molecule has 0 aliphatic heterocycles.